The van der Waals surface area contributed by atoms with Crippen LogP contribution in [0.3, 0.4) is 0 Å². The number of carbonyl (C=O) groups excluding carboxylic acids is 1. The van der Waals surface area contributed by atoms with Gasteiger partial charge in [0.15, 0.2) is 12.6 Å². The first-order chi connectivity index (χ1) is 12.7. The van der Waals surface area contributed by atoms with Crippen LogP contribution >= 0.6 is 0 Å². The van der Waals surface area contributed by atoms with Crippen molar-refractivity contribution in [2.45, 2.75) is 68.2 Å². The summed E-state index contributed by atoms with van der Waals surface area (Å²) in [5, 5.41) is 64.6. The van der Waals surface area contributed by atoms with Crippen molar-refractivity contribution in [3.8, 4) is 0 Å². The smallest absolute Gasteiger partial charge is 0.217 e. The second kappa shape index (κ2) is 9.52. The number of likely N-dealkylation sites (N-methyl/N-ethyl adjacent to an activating group) is 1. The van der Waals surface area contributed by atoms with Crippen molar-refractivity contribution >= 4 is 5.91 Å². The van der Waals surface area contributed by atoms with E-state index in [9.17, 15) is 35.4 Å². The number of hydrogen-bond acceptors (Lipinski definition) is 11. The molecule has 0 radical (unpaired) electrons. The van der Waals surface area contributed by atoms with Gasteiger partial charge in [-0.3, -0.25) is 4.79 Å². The molecule has 1 amide bonds. The Morgan fingerprint density at radius 2 is 1.59 bits per heavy atom. The average Bonchev–Trinajstić information content (AvgIpc) is 2.63. The average molecular weight is 396 g/mol. The normalized spacial score (nSPS) is 45.5. The molecule has 10 atom stereocenters. The molecule has 8 N–H and O–H groups in total. The predicted molar refractivity (Wildman–Crippen MR) is 87.1 cm³/mol. The number of ether oxygens (including phenoxy) is 3. The van der Waals surface area contributed by atoms with E-state index in [1.807, 2.05) is 0 Å². The predicted octanol–water partition coefficient (Wildman–Crippen LogP) is -5.03. The lowest BCUT2D eigenvalue weighted by atomic mass is 9.95. The van der Waals surface area contributed by atoms with Gasteiger partial charge in [0.05, 0.1) is 19.3 Å². The minimum absolute atomic E-state index is 0.524. The third-order valence-corrected chi connectivity index (χ3v) is 4.75. The molecule has 12 nitrogen and oxygen atoms in total. The number of carbonyl (C=O) groups is 1. The summed E-state index contributed by atoms with van der Waals surface area (Å²) in [6.45, 7) is -0.00959. The third-order valence-electron chi connectivity index (χ3n) is 4.75. The molecule has 0 aliphatic carbocycles. The number of nitrogens with one attached hydrogen (secondary N) is 2. The van der Waals surface area contributed by atoms with Gasteiger partial charge < -0.3 is 55.5 Å². The van der Waals surface area contributed by atoms with Gasteiger partial charge in [-0.2, -0.15) is 0 Å². The largest absolute Gasteiger partial charge is 0.394 e. The molecule has 2 heterocycles. The van der Waals surface area contributed by atoms with Crippen molar-refractivity contribution in [1.82, 2.24) is 10.6 Å². The second-order valence-electron chi connectivity index (χ2n) is 6.59. The zero-order valence-electron chi connectivity index (χ0n) is 15.0. The van der Waals surface area contributed by atoms with Crippen molar-refractivity contribution in [2.75, 3.05) is 20.3 Å². The number of aliphatic hydroxyl groups is 6. The lowest BCUT2D eigenvalue weighted by Crippen LogP contribution is -2.68. The summed E-state index contributed by atoms with van der Waals surface area (Å²) in [5.41, 5.74) is 0. The van der Waals surface area contributed by atoms with E-state index in [0.717, 1.165) is 0 Å². The SMILES string of the molecule is CN[C@H]1[C@H](O[C@H]2[C@H](O)[C@@H](NC(C)=O)[C@H](O)O[C@@H]2CO)O[C@H](CO)[C@@H](O)[C@@H]1O. The van der Waals surface area contributed by atoms with Gasteiger partial charge in [-0.05, 0) is 7.05 Å². The summed E-state index contributed by atoms with van der Waals surface area (Å²) >= 11 is 0. The Bertz CT molecular complexity index is 497. The molecular formula is C15H28N2O10. The molecule has 0 aromatic carbocycles. The van der Waals surface area contributed by atoms with Crippen LogP contribution in [0.5, 0.6) is 0 Å². The highest BCUT2D eigenvalue weighted by Crippen LogP contribution is 2.28. The maximum atomic E-state index is 11.3. The van der Waals surface area contributed by atoms with Gasteiger partial charge in [-0.1, -0.05) is 0 Å². The monoisotopic (exact) mass is 396 g/mol. The van der Waals surface area contributed by atoms with E-state index in [1.165, 1.54) is 14.0 Å². The van der Waals surface area contributed by atoms with Gasteiger partial charge in [0.1, 0.15) is 42.7 Å². The molecule has 12 heteroatoms. The molecule has 27 heavy (non-hydrogen) atoms. The quantitative estimate of drug-likeness (QED) is 0.214. The Kier molecular flexibility index (Phi) is 7.88. The molecule has 0 saturated carbocycles. The van der Waals surface area contributed by atoms with E-state index >= 15 is 0 Å². The standard InChI is InChI=1S/C15H28N2O10/c1-5(20)17-8-12(23)13(7(4-19)25-14(8)24)27-15-9(16-2)11(22)10(21)6(3-18)26-15/h6-16,18-19,21-24H,3-4H2,1-2H3,(H,17,20)/t6-,7-,8-,9-,10-,11-,12-,13-,14-,15+/m1/s1. The molecule has 0 aromatic rings. The van der Waals surface area contributed by atoms with Crippen LogP contribution in [0.4, 0.5) is 0 Å². The zero-order chi connectivity index (χ0) is 20.3. The summed E-state index contributed by atoms with van der Waals surface area (Å²) in [6, 6.07) is -2.16. The Morgan fingerprint density at radius 1 is 0.963 bits per heavy atom. The minimum atomic E-state index is -1.58. The van der Waals surface area contributed by atoms with Gasteiger partial charge in [-0.25, -0.2) is 0 Å². The molecule has 2 aliphatic heterocycles. The molecule has 0 unspecified atom stereocenters. The van der Waals surface area contributed by atoms with Crippen LogP contribution in [0.15, 0.2) is 0 Å². The molecule has 2 saturated heterocycles. The summed E-state index contributed by atoms with van der Waals surface area (Å²) in [4.78, 5) is 11.3. The van der Waals surface area contributed by atoms with Crippen molar-refractivity contribution in [2.24, 2.45) is 0 Å². The first-order valence-electron chi connectivity index (χ1n) is 8.59. The van der Waals surface area contributed by atoms with Crippen molar-refractivity contribution < 1.29 is 49.6 Å². The highest BCUT2D eigenvalue weighted by Gasteiger charge is 2.50. The second-order valence-corrected chi connectivity index (χ2v) is 6.59. The van der Waals surface area contributed by atoms with Gasteiger partial charge in [0.2, 0.25) is 5.91 Å². The molecular weight excluding hydrogens is 368 g/mol. The fraction of sp³-hybridized carbons (Fsp3) is 0.933. The Labute approximate surface area is 155 Å². The van der Waals surface area contributed by atoms with Gasteiger partial charge in [0.25, 0.3) is 0 Å². The van der Waals surface area contributed by atoms with E-state index in [2.05, 4.69) is 10.6 Å². The molecule has 158 valence electrons. The maximum Gasteiger partial charge on any atom is 0.217 e. The lowest BCUT2D eigenvalue weighted by Gasteiger charge is -2.47. The van der Waals surface area contributed by atoms with E-state index in [4.69, 9.17) is 14.2 Å². The highest BCUT2D eigenvalue weighted by molar-refractivity contribution is 5.73. The Hall–Kier alpha value is -0.930. The first kappa shape index (κ1) is 22.4. The number of amides is 1. The van der Waals surface area contributed by atoms with Crippen LogP contribution in [0.1, 0.15) is 6.92 Å². The summed E-state index contributed by atoms with van der Waals surface area (Å²) in [7, 11) is 1.49. The topological polar surface area (TPSA) is 190 Å². The van der Waals surface area contributed by atoms with Crippen LogP contribution in [0, 0.1) is 0 Å². The number of aliphatic hydroxyl groups excluding tert-OH is 6. The van der Waals surface area contributed by atoms with Crippen LogP contribution in [0.25, 0.3) is 0 Å². The van der Waals surface area contributed by atoms with Crippen LogP contribution in [0.2, 0.25) is 0 Å². The molecule has 0 aromatic heterocycles. The molecule has 0 spiro atoms. The van der Waals surface area contributed by atoms with E-state index in [-0.39, 0.29) is 0 Å². The summed E-state index contributed by atoms with van der Waals surface area (Å²) in [6.07, 6.45) is -10.6. The fourth-order valence-corrected chi connectivity index (χ4v) is 3.30. The molecule has 0 bridgehead atoms. The van der Waals surface area contributed by atoms with Crippen molar-refractivity contribution in [3.63, 3.8) is 0 Å². The van der Waals surface area contributed by atoms with Crippen molar-refractivity contribution in [3.05, 3.63) is 0 Å². The summed E-state index contributed by atoms with van der Waals surface area (Å²) in [5.74, 6) is -0.524. The Morgan fingerprint density at radius 3 is 2.11 bits per heavy atom. The van der Waals surface area contributed by atoms with Crippen LogP contribution < -0.4 is 10.6 Å². The Balaban J connectivity index is 2.21. The van der Waals surface area contributed by atoms with Gasteiger partial charge >= 0.3 is 0 Å². The number of hydrogen-bond donors (Lipinski definition) is 8. The maximum absolute atomic E-state index is 11.3. The van der Waals surface area contributed by atoms with Gasteiger partial charge in [-0.15, -0.1) is 0 Å². The third kappa shape index (κ3) is 4.74. The van der Waals surface area contributed by atoms with E-state index < -0.39 is 80.4 Å². The van der Waals surface area contributed by atoms with E-state index in [1.54, 1.807) is 0 Å². The lowest BCUT2D eigenvalue weighted by molar-refractivity contribution is -0.328. The zero-order valence-corrected chi connectivity index (χ0v) is 15.0. The van der Waals surface area contributed by atoms with E-state index in [0.29, 0.717) is 0 Å². The minimum Gasteiger partial charge on any atom is -0.394 e. The molecule has 2 fully saturated rings. The van der Waals surface area contributed by atoms with Gasteiger partial charge in [0, 0.05) is 6.92 Å². The fourth-order valence-electron chi connectivity index (χ4n) is 3.30. The first-order valence-corrected chi connectivity index (χ1v) is 8.59. The number of rotatable bonds is 6. The molecule has 2 rings (SSSR count). The van der Waals surface area contributed by atoms with Crippen LogP contribution in [-0.2, 0) is 19.0 Å². The highest BCUT2D eigenvalue weighted by atomic mass is 16.7. The summed E-state index contributed by atoms with van der Waals surface area (Å²) < 4.78 is 16.4. The van der Waals surface area contributed by atoms with Crippen LogP contribution in [-0.4, -0.2) is 118 Å². The molecule has 2 aliphatic rings. The van der Waals surface area contributed by atoms with Crippen molar-refractivity contribution in [1.29, 1.82) is 0 Å².